The van der Waals surface area contributed by atoms with Crippen molar-refractivity contribution in [3.05, 3.63) is 93.0 Å². The predicted octanol–water partition coefficient (Wildman–Crippen LogP) is 5.84. The number of amides is 1. The van der Waals surface area contributed by atoms with E-state index in [0.717, 1.165) is 17.5 Å². The third-order valence-electron chi connectivity index (χ3n) is 5.13. The van der Waals surface area contributed by atoms with Crippen molar-refractivity contribution in [3.8, 4) is 17.6 Å². The lowest BCUT2D eigenvalue weighted by molar-refractivity contribution is -0.112. The van der Waals surface area contributed by atoms with Crippen LogP contribution in [0, 0.1) is 11.3 Å². The number of rotatable bonds is 9. The molecule has 0 heterocycles. The summed E-state index contributed by atoms with van der Waals surface area (Å²) in [6.07, 6.45) is 2.36. The molecule has 35 heavy (non-hydrogen) atoms. The van der Waals surface area contributed by atoms with Gasteiger partial charge < -0.3 is 19.9 Å². The molecule has 0 spiro atoms. The van der Waals surface area contributed by atoms with Crippen molar-refractivity contribution >= 4 is 39.6 Å². The summed E-state index contributed by atoms with van der Waals surface area (Å²) in [6.45, 7) is 2.23. The van der Waals surface area contributed by atoms with Crippen LogP contribution < -0.4 is 14.8 Å². The van der Waals surface area contributed by atoms with E-state index in [4.69, 9.17) is 14.6 Å². The van der Waals surface area contributed by atoms with E-state index in [2.05, 4.69) is 21.2 Å². The highest BCUT2D eigenvalue weighted by atomic mass is 79.9. The minimum Gasteiger partial charge on any atom is -0.493 e. The largest absolute Gasteiger partial charge is 0.493 e. The van der Waals surface area contributed by atoms with Crippen molar-refractivity contribution < 1.29 is 24.2 Å². The molecule has 3 aromatic carbocycles. The number of hydrogen-bond acceptors (Lipinski definition) is 5. The number of nitrogens with zero attached hydrogens (tertiary/aromatic N) is 1. The molecule has 0 aliphatic carbocycles. The summed E-state index contributed by atoms with van der Waals surface area (Å²) < 4.78 is 11.9. The Bertz CT molecular complexity index is 1290. The minimum atomic E-state index is -0.995. The van der Waals surface area contributed by atoms with Gasteiger partial charge >= 0.3 is 5.97 Å². The summed E-state index contributed by atoms with van der Waals surface area (Å²) in [6, 6.07) is 19.1. The van der Waals surface area contributed by atoms with Gasteiger partial charge in [-0.2, -0.15) is 5.26 Å². The van der Waals surface area contributed by atoms with Gasteiger partial charge in [-0.1, -0.05) is 31.2 Å². The normalized spacial score (nSPS) is 10.9. The van der Waals surface area contributed by atoms with E-state index in [-0.39, 0.29) is 17.7 Å². The molecule has 7 nitrogen and oxygen atoms in total. The number of ether oxygens (including phenoxy) is 2. The summed E-state index contributed by atoms with van der Waals surface area (Å²) in [5.74, 6) is -0.672. The first-order valence-electron chi connectivity index (χ1n) is 10.7. The molecule has 0 saturated heterocycles. The number of halogens is 1. The van der Waals surface area contributed by atoms with Crippen LogP contribution in [0.3, 0.4) is 0 Å². The van der Waals surface area contributed by atoms with Crippen LogP contribution >= 0.6 is 15.9 Å². The lowest BCUT2D eigenvalue weighted by atomic mass is 10.1. The first-order chi connectivity index (χ1) is 16.8. The van der Waals surface area contributed by atoms with Crippen LogP contribution in [0.5, 0.6) is 11.5 Å². The quantitative estimate of drug-likeness (QED) is 0.263. The molecule has 0 aliphatic heterocycles. The van der Waals surface area contributed by atoms with E-state index in [9.17, 15) is 14.9 Å². The van der Waals surface area contributed by atoms with Crippen LogP contribution in [-0.2, 0) is 17.8 Å². The Morgan fingerprint density at radius 2 is 1.74 bits per heavy atom. The minimum absolute atomic E-state index is 0.0642. The van der Waals surface area contributed by atoms with Crippen LogP contribution in [0.1, 0.15) is 34.0 Å². The average molecular weight is 535 g/mol. The molecule has 0 saturated carbocycles. The fraction of sp³-hybridized carbons (Fsp3) is 0.148. The van der Waals surface area contributed by atoms with Crippen molar-refractivity contribution in [1.82, 2.24) is 0 Å². The number of aromatic carboxylic acids is 1. The first kappa shape index (κ1) is 25.5. The SMILES string of the molecule is CCc1ccc(NC(=O)/C(C#N)=C/c2cc(Br)c(OCc3ccc(C(=O)O)cc3)c(OC)c2)cc1. The van der Waals surface area contributed by atoms with Crippen molar-refractivity contribution in [2.24, 2.45) is 0 Å². The Balaban J connectivity index is 1.77. The third-order valence-corrected chi connectivity index (χ3v) is 5.72. The van der Waals surface area contributed by atoms with Crippen LogP contribution in [-0.4, -0.2) is 24.1 Å². The highest BCUT2D eigenvalue weighted by Gasteiger charge is 2.15. The Morgan fingerprint density at radius 1 is 1.09 bits per heavy atom. The molecule has 0 fully saturated rings. The topological polar surface area (TPSA) is 109 Å². The maximum absolute atomic E-state index is 12.6. The molecule has 0 aromatic heterocycles. The van der Waals surface area contributed by atoms with Crippen molar-refractivity contribution in [1.29, 1.82) is 5.26 Å². The number of carbonyl (C=O) groups is 2. The number of carboxylic acids is 1. The zero-order chi connectivity index (χ0) is 25.4. The number of carbonyl (C=O) groups excluding carboxylic acids is 1. The second-order valence-electron chi connectivity index (χ2n) is 7.50. The van der Waals surface area contributed by atoms with E-state index < -0.39 is 11.9 Å². The van der Waals surface area contributed by atoms with Gasteiger partial charge in [-0.3, -0.25) is 4.79 Å². The average Bonchev–Trinajstić information content (AvgIpc) is 2.86. The van der Waals surface area contributed by atoms with E-state index in [0.29, 0.717) is 27.2 Å². The zero-order valence-corrected chi connectivity index (χ0v) is 20.8. The number of nitriles is 1. The number of hydrogen-bond donors (Lipinski definition) is 2. The second kappa shape index (κ2) is 11.9. The molecule has 0 radical (unpaired) electrons. The Kier molecular flexibility index (Phi) is 8.65. The second-order valence-corrected chi connectivity index (χ2v) is 8.35. The zero-order valence-electron chi connectivity index (χ0n) is 19.2. The molecule has 3 rings (SSSR count). The summed E-state index contributed by atoms with van der Waals surface area (Å²) in [5, 5.41) is 21.3. The molecule has 0 unspecified atom stereocenters. The van der Waals surface area contributed by atoms with Crippen molar-refractivity contribution in [3.63, 3.8) is 0 Å². The van der Waals surface area contributed by atoms with E-state index in [1.807, 2.05) is 25.1 Å². The number of carboxylic acid groups (broad SMARTS) is 1. The number of benzene rings is 3. The predicted molar refractivity (Wildman–Crippen MR) is 136 cm³/mol. The standard InChI is InChI=1S/C27H23BrN2O5/c1-3-17-6-10-22(11-7-17)30-26(31)21(15-29)12-19-13-23(28)25(24(14-19)34-2)35-16-18-4-8-20(9-5-18)27(32)33/h4-14H,3,16H2,1-2H3,(H,30,31)(H,32,33)/b21-12+. The molecule has 8 heteroatoms. The van der Waals surface area contributed by atoms with Crippen molar-refractivity contribution in [2.75, 3.05) is 12.4 Å². The molecule has 0 aliphatic rings. The van der Waals surface area contributed by atoms with Gasteiger partial charge in [-0.05, 0) is 81.5 Å². The van der Waals surface area contributed by atoms with Crippen LogP contribution in [0.2, 0.25) is 0 Å². The molecular formula is C27H23BrN2O5. The Hall–Kier alpha value is -4.09. The lowest BCUT2D eigenvalue weighted by Crippen LogP contribution is -2.13. The number of nitrogens with one attached hydrogen (secondary N) is 1. The van der Waals surface area contributed by atoms with Crippen LogP contribution in [0.4, 0.5) is 5.69 Å². The van der Waals surface area contributed by atoms with Gasteiger partial charge in [0.1, 0.15) is 18.2 Å². The van der Waals surface area contributed by atoms with Gasteiger partial charge in [0, 0.05) is 5.69 Å². The van der Waals surface area contributed by atoms with Gasteiger partial charge in [-0.25, -0.2) is 4.79 Å². The van der Waals surface area contributed by atoms with Crippen molar-refractivity contribution in [2.45, 2.75) is 20.0 Å². The molecule has 3 aromatic rings. The fourth-order valence-corrected chi connectivity index (χ4v) is 3.77. The molecule has 1 amide bonds. The van der Waals surface area contributed by atoms with Gasteiger partial charge in [-0.15, -0.1) is 0 Å². The van der Waals surface area contributed by atoms with Gasteiger partial charge in [0.05, 0.1) is 17.1 Å². The van der Waals surface area contributed by atoms with E-state index in [1.165, 1.54) is 25.3 Å². The first-order valence-corrected chi connectivity index (χ1v) is 11.5. The van der Waals surface area contributed by atoms with Gasteiger partial charge in [0.25, 0.3) is 5.91 Å². The van der Waals surface area contributed by atoms with E-state index >= 15 is 0 Å². The molecule has 178 valence electrons. The summed E-state index contributed by atoms with van der Waals surface area (Å²) in [5.41, 5.74) is 3.23. The summed E-state index contributed by atoms with van der Waals surface area (Å²) in [4.78, 5) is 23.6. The molecular weight excluding hydrogens is 512 g/mol. The molecule has 0 atom stereocenters. The van der Waals surface area contributed by atoms with E-state index in [1.54, 1.807) is 36.4 Å². The monoisotopic (exact) mass is 534 g/mol. The van der Waals surface area contributed by atoms with Gasteiger partial charge in [0.2, 0.25) is 0 Å². The Labute approximate surface area is 211 Å². The maximum Gasteiger partial charge on any atom is 0.335 e. The summed E-state index contributed by atoms with van der Waals surface area (Å²) in [7, 11) is 1.49. The summed E-state index contributed by atoms with van der Waals surface area (Å²) >= 11 is 3.46. The Morgan fingerprint density at radius 3 is 2.31 bits per heavy atom. The number of methoxy groups -OCH3 is 1. The highest BCUT2D eigenvalue weighted by Crippen LogP contribution is 2.37. The van der Waals surface area contributed by atoms with Gasteiger partial charge in [0.15, 0.2) is 11.5 Å². The fourth-order valence-electron chi connectivity index (χ4n) is 3.20. The maximum atomic E-state index is 12.6. The molecule has 0 bridgehead atoms. The number of anilines is 1. The van der Waals surface area contributed by atoms with Crippen LogP contribution in [0.15, 0.2) is 70.7 Å². The molecule has 2 N–H and O–H groups in total. The smallest absolute Gasteiger partial charge is 0.335 e. The van der Waals surface area contributed by atoms with Crippen LogP contribution in [0.25, 0.3) is 6.08 Å². The highest BCUT2D eigenvalue weighted by molar-refractivity contribution is 9.10. The number of aryl methyl sites for hydroxylation is 1. The lowest BCUT2D eigenvalue weighted by Gasteiger charge is -2.14. The third kappa shape index (κ3) is 6.71.